The summed E-state index contributed by atoms with van der Waals surface area (Å²) in [6.45, 7) is 7.40. The van der Waals surface area contributed by atoms with Crippen molar-refractivity contribution < 1.29 is 9.59 Å². The molecular formula is C19H27N5O2. The van der Waals surface area contributed by atoms with Crippen LogP contribution in [0.3, 0.4) is 0 Å². The molecule has 4 rings (SSSR count). The van der Waals surface area contributed by atoms with E-state index >= 15 is 0 Å². The van der Waals surface area contributed by atoms with E-state index in [-0.39, 0.29) is 18.0 Å². The van der Waals surface area contributed by atoms with Crippen molar-refractivity contribution in [3.63, 3.8) is 0 Å². The highest BCUT2D eigenvalue weighted by molar-refractivity contribution is 5.77. The molecule has 0 unspecified atom stereocenters. The van der Waals surface area contributed by atoms with E-state index in [1.807, 2.05) is 32.9 Å². The highest BCUT2D eigenvalue weighted by atomic mass is 16.2. The lowest BCUT2D eigenvalue weighted by molar-refractivity contribution is -0.130. The molecule has 0 spiro atoms. The van der Waals surface area contributed by atoms with Crippen LogP contribution >= 0.6 is 0 Å². The summed E-state index contributed by atoms with van der Waals surface area (Å²) < 4.78 is 0. The van der Waals surface area contributed by atoms with Crippen LogP contribution in [0.4, 0.5) is 4.79 Å². The molecule has 3 aliphatic rings. The third kappa shape index (κ3) is 3.40. The number of hydrogen-bond acceptors (Lipinski definition) is 4. The molecule has 7 heteroatoms. The monoisotopic (exact) mass is 357 g/mol. The highest BCUT2D eigenvalue weighted by Gasteiger charge is 2.42. The standard InChI is InChI=1S/C19H27N5O2/c1-15(25)21-8-5-17(6-9-21)22-10-11-24-18(13-22)14-23(19(24)26)12-16-4-2-3-7-20-16/h2-4,7,17-18H,5-6,8-14H2,1H3/t18-/m1/s1. The Morgan fingerprint density at radius 1 is 1.12 bits per heavy atom. The second-order valence-corrected chi connectivity index (χ2v) is 7.56. The van der Waals surface area contributed by atoms with E-state index in [4.69, 9.17) is 0 Å². The quantitative estimate of drug-likeness (QED) is 0.810. The number of urea groups is 1. The third-order valence-electron chi connectivity index (χ3n) is 5.97. The molecule has 3 amide bonds. The maximum Gasteiger partial charge on any atom is 0.320 e. The van der Waals surface area contributed by atoms with Crippen LogP contribution < -0.4 is 0 Å². The Kier molecular flexibility index (Phi) is 4.80. The summed E-state index contributed by atoms with van der Waals surface area (Å²) in [5, 5.41) is 0. The molecule has 0 saturated carbocycles. The predicted molar refractivity (Wildman–Crippen MR) is 97.4 cm³/mol. The van der Waals surface area contributed by atoms with Crippen molar-refractivity contribution in [1.29, 1.82) is 0 Å². The molecule has 0 radical (unpaired) electrons. The first-order chi connectivity index (χ1) is 12.6. The predicted octanol–water partition coefficient (Wildman–Crippen LogP) is 1.01. The van der Waals surface area contributed by atoms with Gasteiger partial charge >= 0.3 is 6.03 Å². The van der Waals surface area contributed by atoms with Gasteiger partial charge in [0.15, 0.2) is 0 Å². The van der Waals surface area contributed by atoms with Crippen molar-refractivity contribution in [3.8, 4) is 0 Å². The molecule has 3 saturated heterocycles. The molecule has 1 aromatic heterocycles. The third-order valence-corrected chi connectivity index (χ3v) is 5.97. The van der Waals surface area contributed by atoms with Crippen LogP contribution in [0, 0.1) is 0 Å². The highest BCUT2D eigenvalue weighted by Crippen LogP contribution is 2.26. The van der Waals surface area contributed by atoms with Crippen LogP contribution in [0.1, 0.15) is 25.5 Å². The van der Waals surface area contributed by atoms with Crippen LogP contribution in [0.15, 0.2) is 24.4 Å². The van der Waals surface area contributed by atoms with Crippen molar-refractivity contribution >= 4 is 11.9 Å². The maximum absolute atomic E-state index is 12.7. The van der Waals surface area contributed by atoms with Gasteiger partial charge in [0.1, 0.15) is 0 Å². The topological polar surface area (TPSA) is 60.0 Å². The van der Waals surface area contributed by atoms with Gasteiger partial charge in [0.05, 0.1) is 18.3 Å². The molecule has 140 valence electrons. The van der Waals surface area contributed by atoms with Gasteiger partial charge in [-0.3, -0.25) is 14.7 Å². The fraction of sp³-hybridized carbons (Fsp3) is 0.632. The van der Waals surface area contributed by atoms with E-state index in [2.05, 4.69) is 9.88 Å². The van der Waals surface area contributed by atoms with Crippen LogP contribution in [0.25, 0.3) is 0 Å². The number of piperidine rings is 1. The minimum absolute atomic E-state index is 0.145. The van der Waals surface area contributed by atoms with Crippen LogP contribution in [-0.4, -0.2) is 87.9 Å². The largest absolute Gasteiger partial charge is 0.343 e. The molecule has 0 aliphatic carbocycles. The Morgan fingerprint density at radius 3 is 2.62 bits per heavy atom. The first-order valence-corrected chi connectivity index (χ1v) is 9.57. The molecule has 1 atom stereocenters. The zero-order valence-corrected chi connectivity index (χ0v) is 15.4. The number of nitrogens with zero attached hydrogens (tertiary/aromatic N) is 5. The molecule has 3 fully saturated rings. The second-order valence-electron chi connectivity index (χ2n) is 7.56. The Morgan fingerprint density at radius 2 is 1.92 bits per heavy atom. The molecule has 1 aromatic rings. The van der Waals surface area contributed by atoms with Crippen LogP contribution in [0.5, 0.6) is 0 Å². The number of likely N-dealkylation sites (tertiary alicyclic amines) is 1. The Balaban J connectivity index is 1.34. The van der Waals surface area contributed by atoms with Gasteiger partial charge in [-0.1, -0.05) is 6.07 Å². The van der Waals surface area contributed by atoms with Gasteiger partial charge in [0.2, 0.25) is 5.91 Å². The first kappa shape index (κ1) is 17.3. The van der Waals surface area contributed by atoms with Gasteiger partial charge in [-0.2, -0.15) is 0 Å². The van der Waals surface area contributed by atoms with E-state index in [1.54, 1.807) is 13.1 Å². The van der Waals surface area contributed by atoms with Crippen LogP contribution in [0.2, 0.25) is 0 Å². The SMILES string of the molecule is CC(=O)N1CCC(N2CCN3C(=O)N(Cc4ccccn4)C[C@H]3C2)CC1. The molecule has 0 N–H and O–H groups in total. The molecule has 3 aliphatic heterocycles. The fourth-order valence-electron chi connectivity index (χ4n) is 4.50. The number of fused-ring (bicyclic) bond motifs is 1. The zero-order valence-electron chi connectivity index (χ0n) is 15.4. The summed E-state index contributed by atoms with van der Waals surface area (Å²) in [6.07, 6.45) is 3.86. The van der Waals surface area contributed by atoms with Gasteiger partial charge in [0, 0.05) is 58.4 Å². The summed E-state index contributed by atoms with van der Waals surface area (Å²) in [5.74, 6) is 0.180. The van der Waals surface area contributed by atoms with Gasteiger partial charge in [-0.25, -0.2) is 4.79 Å². The fourth-order valence-corrected chi connectivity index (χ4v) is 4.50. The summed E-state index contributed by atoms with van der Waals surface area (Å²) in [6, 6.07) is 6.78. The van der Waals surface area contributed by atoms with E-state index in [1.165, 1.54) is 0 Å². The van der Waals surface area contributed by atoms with Crippen LogP contribution in [-0.2, 0) is 11.3 Å². The number of amides is 3. The van der Waals surface area contributed by atoms with Gasteiger partial charge in [-0.05, 0) is 25.0 Å². The van der Waals surface area contributed by atoms with E-state index < -0.39 is 0 Å². The molecular weight excluding hydrogens is 330 g/mol. The molecule has 0 bridgehead atoms. The first-order valence-electron chi connectivity index (χ1n) is 9.57. The summed E-state index contributed by atoms with van der Waals surface area (Å²) in [4.78, 5) is 37.0. The minimum atomic E-state index is 0.145. The lowest BCUT2D eigenvalue weighted by Gasteiger charge is -2.43. The average molecular weight is 357 g/mol. The molecule has 4 heterocycles. The summed E-state index contributed by atoms with van der Waals surface area (Å²) in [5.41, 5.74) is 0.939. The molecule has 26 heavy (non-hydrogen) atoms. The number of carbonyl (C=O) groups excluding carboxylic acids is 2. The van der Waals surface area contributed by atoms with E-state index in [9.17, 15) is 9.59 Å². The average Bonchev–Trinajstić information content (AvgIpc) is 2.97. The Bertz CT molecular complexity index is 659. The van der Waals surface area contributed by atoms with Crippen molar-refractivity contribution in [1.82, 2.24) is 24.6 Å². The van der Waals surface area contributed by atoms with Crippen molar-refractivity contribution in [2.45, 2.75) is 38.4 Å². The zero-order chi connectivity index (χ0) is 18.1. The number of pyridine rings is 1. The number of rotatable bonds is 3. The smallest absolute Gasteiger partial charge is 0.320 e. The van der Waals surface area contributed by atoms with E-state index in [0.29, 0.717) is 12.6 Å². The lowest BCUT2D eigenvalue weighted by atomic mass is 10.0. The second kappa shape index (κ2) is 7.23. The normalized spacial score (nSPS) is 24.9. The summed E-state index contributed by atoms with van der Waals surface area (Å²) in [7, 11) is 0. The molecule has 0 aromatic carbocycles. The number of piperazine rings is 1. The maximum atomic E-state index is 12.7. The summed E-state index contributed by atoms with van der Waals surface area (Å²) >= 11 is 0. The van der Waals surface area contributed by atoms with E-state index in [0.717, 1.165) is 57.8 Å². The number of hydrogen-bond donors (Lipinski definition) is 0. The molecule has 7 nitrogen and oxygen atoms in total. The van der Waals surface area contributed by atoms with Crippen molar-refractivity contribution in [2.75, 3.05) is 39.3 Å². The van der Waals surface area contributed by atoms with Gasteiger partial charge in [0.25, 0.3) is 0 Å². The number of carbonyl (C=O) groups is 2. The van der Waals surface area contributed by atoms with Gasteiger partial charge < -0.3 is 14.7 Å². The Hall–Kier alpha value is -2.15. The minimum Gasteiger partial charge on any atom is -0.343 e. The lowest BCUT2D eigenvalue weighted by Crippen LogP contribution is -2.57. The Labute approximate surface area is 154 Å². The van der Waals surface area contributed by atoms with Gasteiger partial charge in [-0.15, -0.1) is 0 Å². The van der Waals surface area contributed by atoms with Crippen molar-refractivity contribution in [2.24, 2.45) is 0 Å². The number of aromatic nitrogens is 1. The van der Waals surface area contributed by atoms with Crippen molar-refractivity contribution in [3.05, 3.63) is 30.1 Å².